The van der Waals surface area contributed by atoms with E-state index < -0.39 is 12.6 Å². The minimum atomic E-state index is -1.28. The Bertz CT molecular complexity index is 897. The van der Waals surface area contributed by atoms with Gasteiger partial charge in [-0.1, -0.05) is 29.3 Å². The molecule has 25 heavy (non-hydrogen) atoms. The standard InChI is InChI=1S/C16H12Cl2N4O3/c17-12-4-1-11(14(18)7-12)8-22-20-16(19-21-22)10-2-5-13(6-3-10)25-9-15(23)24/h1-7H,8-9H2,(H,23,24)/p-1. The number of halogens is 2. The van der Waals surface area contributed by atoms with Gasteiger partial charge in [-0.3, -0.25) is 0 Å². The molecule has 9 heteroatoms. The van der Waals surface area contributed by atoms with Gasteiger partial charge in [-0.2, -0.15) is 4.80 Å². The summed E-state index contributed by atoms with van der Waals surface area (Å²) in [5.41, 5.74) is 1.54. The smallest absolute Gasteiger partial charge is 0.204 e. The highest BCUT2D eigenvalue weighted by molar-refractivity contribution is 6.35. The number of rotatable bonds is 6. The average Bonchev–Trinajstić information content (AvgIpc) is 3.04. The molecule has 0 spiro atoms. The van der Waals surface area contributed by atoms with E-state index in [1.807, 2.05) is 0 Å². The van der Waals surface area contributed by atoms with Crippen molar-refractivity contribution < 1.29 is 14.6 Å². The Labute approximate surface area is 152 Å². The number of carboxylic acids is 1. The molecule has 0 aliphatic carbocycles. The third-order valence-corrected chi connectivity index (χ3v) is 3.84. The quantitative estimate of drug-likeness (QED) is 0.650. The van der Waals surface area contributed by atoms with Crippen LogP contribution in [0.3, 0.4) is 0 Å². The molecule has 0 radical (unpaired) electrons. The third kappa shape index (κ3) is 4.46. The van der Waals surface area contributed by atoms with Crippen molar-refractivity contribution >= 4 is 29.2 Å². The molecule has 0 saturated carbocycles. The summed E-state index contributed by atoms with van der Waals surface area (Å²) in [6, 6.07) is 11.9. The van der Waals surface area contributed by atoms with Crippen molar-refractivity contribution in [2.75, 3.05) is 6.61 Å². The molecule has 2 aromatic carbocycles. The van der Waals surface area contributed by atoms with Gasteiger partial charge in [0.25, 0.3) is 0 Å². The van der Waals surface area contributed by atoms with E-state index in [4.69, 9.17) is 27.9 Å². The number of aromatic nitrogens is 4. The summed E-state index contributed by atoms with van der Waals surface area (Å²) in [7, 11) is 0. The van der Waals surface area contributed by atoms with E-state index in [2.05, 4.69) is 15.4 Å². The summed E-state index contributed by atoms with van der Waals surface area (Å²) in [6.45, 7) is -0.147. The second kappa shape index (κ2) is 7.50. The van der Waals surface area contributed by atoms with E-state index in [1.54, 1.807) is 42.5 Å². The first-order valence-corrected chi connectivity index (χ1v) is 7.91. The minimum Gasteiger partial charge on any atom is -0.546 e. The monoisotopic (exact) mass is 377 g/mol. The van der Waals surface area contributed by atoms with Gasteiger partial charge in [0.05, 0.1) is 12.5 Å². The average molecular weight is 378 g/mol. The summed E-state index contributed by atoms with van der Waals surface area (Å²) in [5.74, 6) is -0.445. The van der Waals surface area contributed by atoms with Crippen LogP contribution in [0.15, 0.2) is 42.5 Å². The lowest BCUT2D eigenvalue weighted by Gasteiger charge is -2.06. The maximum absolute atomic E-state index is 10.4. The van der Waals surface area contributed by atoms with Crippen LogP contribution in [-0.2, 0) is 11.3 Å². The summed E-state index contributed by atoms with van der Waals surface area (Å²) in [5, 5.41) is 23.8. The normalized spacial score (nSPS) is 10.6. The first kappa shape index (κ1) is 17.2. The van der Waals surface area contributed by atoms with Crippen molar-refractivity contribution in [3.05, 3.63) is 58.1 Å². The SMILES string of the molecule is O=C([O-])COc1ccc(-c2nnn(Cc3ccc(Cl)cc3Cl)n2)cc1. The number of tetrazole rings is 1. The van der Waals surface area contributed by atoms with Gasteiger partial charge >= 0.3 is 0 Å². The second-order valence-corrected chi connectivity index (χ2v) is 5.91. The van der Waals surface area contributed by atoms with Gasteiger partial charge in [0, 0.05) is 15.6 Å². The fraction of sp³-hybridized carbons (Fsp3) is 0.125. The third-order valence-electron chi connectivity index (χ3n) is 3.25. The first-order valence-electron chi connectivity index (χ1n) is 7.16. The molecule has 1 aromatic heterocycles. The number of hydrogen-bond donors (Lipinski definition) is 0. The lowest BCUT2D eigenvalue weighted by Crippen LogP contribution is -2.28. The zero-order chi connectivity index (χ0) is 17.8. The van der Waals surface area contributed by atoms with Crippen LogP contribution in [-0.4, -0.2) is 32.8 Å². The number of aliphatic carboxylic acids is 1. The molecule has 1 heterocycles. The topological polar surface area (TPSA) is 93.0 Å². The number of nitrogens with zero attached hydrogens (tertiary/aromatic N) is 4. The molecule has 0 atom stereocenters. The highest BCUT2D eigenvalue weighted by Gasteiger charge is 2.09. The molecule has 7 nitrogen and oxygen atoms in total. The predicted molar refractivity (Wildman–Crippen MR) is 89.3 cm³/mol. The molecule has 0 bridgehead atoms. The molecule has 0 amide bonds. The van der Waals surface area contributed by atoms with Gasteiger partial charge in [-0.25, -0.2) is 0 Å². The van der Waals surface area contributed by atoms with Crippen LogP contribution in [0.5, 0.6) is 5.75 Å². The largest absolute Gasteiger partial charge is 0.546 e. The molecule has 0 aliphatic heterocycles. The number of carbonyl (C=O) groups is 1. The second-order valence-electron chi connectivity index (χ2n) is 5.06. The van der Waals surface area contributed by atoms with E-state index in [1.165, 1.54) is 4.80 Å². The Kier molecular flexibility index (Phi) is 5.16. The molecule has 3 rings (SSSR count). The van der Waals surface area contributed by atoms with Crippen molar-refractivity contribution in [2.45, 2.75) is 6.54 Å². The molecule has 0 unspecified atom stereocenters. The van der Waals surface area contributed by atoms with Gasteiger partial charge in [-0.05, 0) is 47.2 Å². The molecular formula is C16H11Cl2N4O3-. The Hall–Kier alpha value is -2.64. The number of ether oxygens (including phenoxy) is 1. The predicted octanol–water partition coefficient (Wildman–Crippen LogP) is 1.82. The maximum atomic E-state index is 10.4. The molecule has 3 aromatic rings. The molecular weight excluding hydrogens is 367 g/mol. The number of benzene rings is 2. The lowest BCUT2D eigenvalue weighted by atomic mass is 10.2. The van der Waals surface area contributed by atoms with Gasteiger partial charge in [0.15, 0.2) is 0 Å². The number of carboxylic acid groups (broad SMARTS) is 1. The van der Waals surface area contributed by atoms with Crippen LogP contribution < -0.4 is 9.84 Å². The maximum Gasteiger partial charge on any atom is 0.204 e. The fourth-order valence-electron chi connectivity index (χ4n) is 2.07. The van der Waals surface area contributed by atoms with Crippen molar-refractivity contribution in [2.24, 2.45) is 0 Å². The van der Waals surface area contributed by atoms with Crippen LogP contribution in [0.4, 0.5) is 0 Å². The molecule has 0 saturated heterocycles. The van der Waals surface area contributed by atoms with Gasteiger partial charge in [0.2, 0.25) is 5.82 Å². The van der Waals surface area contributed by atoms with E-state index in [9.17, 15) is 9.90 Å². The summed E-state index contributed by atoms with van der Waals surface area (Å²) < 4.78 is 5.02. The Morgan fingerprint density at radius 1 is 1.16 bits per heavy atom. The Morgan fingerprint density at radius 2 is 1.92 bits per heavy atom. The van der Waals surface area contributed by atoms with Crippen molar-refractivity contribution in [3.8, 4) is 17.1 Å². The van der Waals surface area contributed by atoms with Crippen molar-refractivity contribution in [3.63, 3.8) is 0 Å². The van der Waals surface area contributed by atoms with E-state index >= 15 is 0 Å². The highest BCUT2D eigenvalue weighted by Crippen LogP contribution is 2.22. The van der Waals surface area contributed by atoms with Gasteiger partial charge < -0.3 is 14.6 Å². The van der Waals surface area contributed by atoms with Gasteiger partial charge in [-0.15, -0.1) is 10.2 Å². The van der Waals surface area contributed by atoms with Crippen LogP contribution in [0.25, 0.3) is 11.4 Å². The molecule has 0 fully saturated rings. The fourth-order valence-corrected chi connectivity index (χ4v) is 2.54. The highest BCUT2D eigenvalue weighted by atomic mass is 35.5. The number of carbonyl (C=O) groups excluding carboxylic acids is 1. The van der Waals surface area contributed by atoms with Crippen LogP contribution in [0.1, 0.15) is 5.56 Å². The van der Waals surface area contributed by atoms with Gasteiger partial charge in [0.1, 0.15) is 12.4 Å². The minimum absolute atomic E-state index is 0.357. The lowest BCUT2D eigenvalue weighted by molar-refractivity contribution is -0.307. The summed E-state index contributed by atoms with van der Waals surface area (Å²) >= 11 is 12.0. The van der Waals surface area contributed by atoms with E-state index in [0.717, 1.165) is 5.56 Å². The zero-order valence-corrected chi connectivity index (χ0v) is 14.2. The van der Waals surface area contributed by atoms with Crippen LogP contribution in [0, 0.1) is 0 Å². The number of hydrogen-bond acceptors (Lipinski definition) is 6. The molecule has 128 valence electrons. The first-order chi connectivity index (χ1) is 12.0. The van der Waals surface area contributed by atoms with E-state index in [-0.39, 0.29) is 0 Å². The molecule has 0 aliphatic rings. The van der Waals surface area contributed by atoms with Crippen LogP contribution >= 0.6 is 23.2 Å². The summed E-state index contributed by atoms with van der Waals surface area (Å²) in [6.07, 6.45) is 0. The van der Waals surface area contributed by atoms with Crippen LogP contribution in [0.2, 0.25) is 10.0 Å². The molecule has 0 N–H and O–H groups in total. The zero-order valence-electron chi connectivity index (χ0n) is 12.7. The Morgan fingerprint density at radius 3 is 2.60 bits per heavy atom. The van der Waals surface area contributed by atoms with Crippen molar-refractivity contribution in [1.82, 2.24) is 20.2 Å². The summed E-state index contributed by atoms with van der Waals surface area (Å²) in [4.78, 5) is 11.8. The Balaban J connectivity index is 1.71. The van der Waals surface area contributed by atoms with E-state index in [0.29, 0.717) is 33.7 Å². The van der Waals surface area contributed by atoms with Crippen molar-refractivity contribution in [1.29, 1.82) is 0 Å².